The molecule has 4 heterocycles. The molecule has 1 fully saturated rings. The summed E-state index contributed by atoms with van der Waals surface area (Å²) in [6.45, 7) is 7.39. The van der Waals surface area contributed by atoms with Gasteiger partial charge in [0.05, 0.1) is 17.9 Å². The number of carbonyl (C=O) groups excluding carboxylic acids is 1. The van der Waals surface area contributed by atoms with Crippen molar-refractivity contribution >= 4 is 22.2 Å². The first kappa shape index (κ1) is 20.5. The molecule has 32 heavy (non-hydrogen) atoms. The molecule has 1 aromatic carbocycles. The van der Waals surface area contributed by atoms with E-state index in [-0.39, 0.29) is 11.5 Å². The van der Waals surface area contributed by atoms with Gasteiger partial charge < -0.3 is 5.32 Å². The van der Waals surface area contributed by atoms with Gasteiger partial charge in [0.1, 0.15) is 11.0 Å². The zero-order chi connectivity index (χ0) is 22.4. The Kier molecular flexibility index (Phi) is 5.10. The van der Waals surface area contributed by atoms with Crippen LogP contribution in [0.4, 0.5) is 0 Å². The van der Waals surface area contributed by atoms with E-state index in [1.54, 1.807) is 6.92 Å². The summed E-state index contributed by atoms with van der Waals surface area (Å²) < 4.78 is 3.21. The first-order chi connectivity index (χ1) is 15.4. The maximum absolute atomic E-state index is 13.0. The summed E-state index contributed by atoms with van der Waals surface area (Å²) in [5, 5.41) is 12.9. The van der Waals surface area contributed by atoms with Crippen LogP contribution in [0.15, 0.2) is 41.2 Å². The van der Waals surface area contributed by atoms with Crippen molar-refractivity contribution in [3.63, 3.8) is 0 Å². The average molecular weight is 450 g/mol. The highest BCUT2D eigenvalue weighted by atomic mass is 32.1. The third-order valence-electron chi connectivity index (χ3n) is 5.69. The largest absolute Gasteiger partial charge is 0.353 e. The zero-order valence-electron chi connectivity index (χ0n) is 18.1. The summed E-state index contributed by atoms with van der Waals surface area (Å²) in [6, 6.07) is 10.9. The Hall–Kier alpha value is -3.37. The molecule has 0 spiro atoms. The van der Waals surface area contributed by atoms with Crippen LogP contribution in [-0.4, -0.2) is 48.3 Å². The molecular formula is C22H23N7O2S. The quantitative estimate of drug-likeness (QED) is 0.511. The van der Waals surface area contributed by atoms with Gasteiger partial charge >= 0.3 is 0 Å². The molecule has 1 saturated heterocycles. The lowest BCUT2D eigenvalue weighted by Gasteiger charge is -2.34. The molecule has 1 aliphatic rings. The number of para-hydroxylation sites is 1. The molecule has 0 aliphatic carbocycles. The second-order valence-corrected chi connectivity index (χ2v) is 8.96. The van der Waals surface area contributed by atoms with E-state index in [0.717, 1.165) is 27.6 Å². The van der Waals surface area contributed by atoms with Crippen LogP contribution in [0.1, 0.15) is 33.7 Å². The molecule has 1 aliphatic heterocycles. The average Bonchev–Trinajstić information content (AvgIpc) is 3.29. The first-order valence-corrected chi connectivity index (χ1v) is 11.2. The second kappa shape index (κ2) is 7.95. The van der Waals surface area contributed by atoms with E-state index in [1.807, 2.05) is 48.9 Å². The van der Waals surface area contributed by atoms with Gasteiger partial charge in [-0.15, -0.1) is 0 Å². The number of aromatic nitrogens is 5. The summed E-state index contributed by atoms with van der Waals surface area (Å²) in [4.78, 5) is 32.4. The van der Waals surface area contributed by atoms with Crippen LogP contribution in [0.3, 0.4) is 0 Å². The zero-order valence-corrected chi connectivity index (χ0v) is 18.9. The second-order valence-electron chi connectivity index (χ2n) is 7.92. The highest BCUT2D eigenvalue weighted by Crippen LogP contribution is 2.31. The van der Waals surface area contributed by atoms with E-state index in [9.17, 15) is 9.59 Å². The first-order valence-electron chi connectivity index (χ1n) is 10.4. The number of nitrogens with zero attached hydrogens (tertiary/aromatic N) is 6. The normalized spacial score (nSPS) is 17.1. The maximum atomic E-state index is 13.0. The van der Waals surface area contributed by atoms with Crippen LogP contribution in [0.25, 0.3) is 10.6 Å². The van der Waals surface area contributed by atoms with Crippen molar-refractivity contribution < 1.29 is 4.79 Å². The fraction of sp³-hybridized carbons (Fsp3) is 0.318. The number of hydrogen-bond donors (Lipinski definition) is 1. The molecule has 0 saturated carbocycles. The van der Waals surface area contributed by atoms with Gasteiger partial charge in [-0.05, 0) is 32.9 Å². The molecule has 1 N–H and O–H groups in total. The molecule has 10 heteroatoms. The molecule has 0 bridgehead atoms. The Morgan fingerprint density at radius 2 is 1.91 bits per heavy atom. The standard InChI is InChI=1S/C22H23N7O2S/c1-13-11-18(30)29-22(24-13)32-17(26-29)12-27-10-9-23-21(31)20(27)19-14(2)25-28(15(19)3)16-7-5-4-6-8-16/h4-8,11,20H,9-10,12H2,1-3H3,(H,23,31). The molecule has 1 unspecified atom stereocenters. The van der Waals surface area contributed by atoms with Crippen molar-refractivity contribution in [1.29, 1.82) is 0 Å². The Labute approximate surface area is 188 Å². The molecule has 4 aromatic rings. The van der Waals surface area contributed by atoms with Crippen molar-refractivity contribution in [1.82, 2.24) is 34.6 Å². The minimum Gasteiger partial charge on any atom is -0.353 e. The van der Waals surface area contributed by atoms with Gasteiger partial charge in [0.2, 0.25) is 10.9 Å². The third-order valence-corrected chi connectivity index (χ3v) is 6.58. The Bertz CT molecular complexity index is 1370. The Morgan fingerprint density at radius 1 is 1.12 bits per heavy atom. The van der Waals surface area contributed by atoms with Crippen molar-refractivity contribution in [2.45, 2.75) is 33.4 Å². The number of aryl methyl sites for hydroxylation is 2. The summed E-state index contributed by atoms with van der Waals surface area (Å²) in [6.07, 6.45) is 0. The van der Waals surface area contributed by atoms with Gasteiger partial charge in [0.15, 0.2) is 0 Å². The fourth-order valence-electron chi connectivity index (χ4n) is 4.27. The fourth-order valence-corrected chi connectivity index (χ4v) is 5.24. The number of nitrogens with one attached hydrogen (secondary N) is 1. The van der Waals surface area contributed by atoms with Crippen LogP contribution >= 0.6 is 11.3 Å². The van der Waals surface area contributed by atoms with Gasteiger partial charge in [-0.3, -0.25) is 14.5 Å². The Balaban J connectivity index is 1.53. The van der Waals surface area contributed by atoms with E-state index in [1.165, 1.54) is 21.9 Å². The van der Waals surface area contributed by atoms with Gasteiger partial charge in [0, 0.05) is 36.1 Å². The summed E-state index contributed by atoms with van der Waals surface area (Å²) in [5.41, 5.74) is 4.07. The van der Waals surface area contributed by atoms with E-state index in [2.05, 4.69) is 20.3 Å². The lowest BCUT2D eigenvalue weighted by Crippen LogP contribution is -2.49. The number of rotatable bonds is 4. The van der Waals surface area contributed by atoms with Crippen LogP contribution in [0, 0.1) is 20.8 Å². The third kappa shape index (κ3) is 3.51. The molecule has 5 rings (SSSR count). The summed E-state index contributed by atoms with van der Waals surface area (Å²) >= 11 is 1.37. The summed E-state index contributed by atoms with van der Waals surface area (Å²) in [7, 11) is 0. The molecule has 1 amide bonds. The lowest BCUT2D eigenvalue weighted by atomic mass is 10.0. The van der Waals surface area contributed by atoms with E-state index in [0.29, 0.717) is 30.3 Å². The highest BCUT2D eigenvalue weighted by Gasteiger charge is 2.36. The van der Waals surface area contributed by atoms with Crippen LogP contribution in [0.5, 0.6) is 0 Å². The SMILES string of the molecule is Cc1cc(=O)n2nc(CN3CCNC(=O)C3c3c(C)nn(-c4ccccc4)c3C)sc2n1. The Morgan fingerprint density at radius 3 is 2.69 bits per heavy atom. The van der Waals surface area contributed by atoms with Gasteiger partial charge in [-0.1, -0.05) is 29.5 Å². The smallest absolute Gasteiger partial charge is 0.275 e. The van der Waals surface area contributed by atoms with Crippen molar-refractivity contribution in [3.8, 4) is 5.69 Å². The van der Waals surface area contributed by atoms with Crippen LogP contribution < -0.4 is 10.9 Å². The minimum absolute atomic E-state index is 0.0534. The predicted molar refractivity (Wildman–Crippen MR) is 121 cm³/mol. The number of hydrogen-bond acceptors (Lipinski definition) is 7. The molecule has 164 valence electrons. The number of fused-ring (bicyclic) bond motifs is 1. The highest BCUT2D eigenvalue weighted by molar-refractivity contribution is 7.16. The van der Waals surface area contributed by atoms with Crippen molar-refractivity contribution in [3.05, 3.63) is 74.4 Å². The minimum atomic E-state index is -0.486. The lowest BCUT2D eigenvalue weighted by molar-refractivity contribution is -0.129. The van der Waals surface area contributed by atoms with E-state index in [4.69, 9.17) is 5.10 Å². The monoisotopic (exact) mass is 449 g/mol. The molecular weight excluding hydrogens is 426 g/mol. The van der Waals surface area contributed by atoms with E-state index >= 15 is 0 Å². The molecule has 0 radical (unpaired) electrons. The number of amides is 1. The van der Waals surface area contributed by atoms with Crippen molar-refractivity contribution in [2.75, 3.05) is 13.1 Å². The van der Waals surface area contributed by atoms with Crippen LogP contribution in [0.2, 0.25) is 0 Å². The van der Waals surface area contributed by atoms with Gasteiger partial charge in [-0.2, -0.15) is 14.7 Å². The van der Waals surface area contributed by atoms with Crippen LogP contribution in [-0.2, 0) is 11.3 Å². The molecule has 9 nitrogen and oxygen atoms in total. The molecule has 3 aromatic heterocycles. The molecule has 1 atom stereocenters. The number of benzene rings is 1. The van der Waals surface area contributed by atoms with Crippen molar-refractivity contribution in [2.24, 2.45) is 0 Å². The maximum Gasteiger partial charge on any atom is 0.275 e. The summed E-state index contributed by atoms with van der Waals surface area (Å²) in [5.74, 6) is -0.0534. The predicted octanol–water partition coefficient (Wildman–Crippen LogP) is 1.94. The van der Waals surface area contributed by atoms with Gasteiger partial charge in [0.25, 0.3) is 5.56 Å². The number of piperazine rings is 1. The topological polar surface area (TPSA) is 97.4 Å². The van der Waals surface area contributed by atoms with Gasteiger partial charge in [-0.25, -0.2) is 9.67 Å². The van der Waals surface area contributed by atoms with E-state index < -0.39 is 6.04 Å². The number of carbonyl (C=O) groups is 1.